The fourth-order valence-electron chi connectivity index (χ4n) is 3.12. The molecule has 2 atom stereocenters. The van der Waals surface area contributed by atoms with E-state index in [4.69, 9.17) is 0 Å². The van der Waals surface area contributed by atoms with Crippen LogP contribution in [0, 0.1) is 0 Å². The third kappa shape index (κ3) is 3.93. The number of rotatable bonds is 7. The van der Waals surface area contributed by atoms with Crippen LogP contribution in [0.1, 0.15) is 11.6 Å². The second-order valence-corrected chi connectivity index (χ2v) is 7.95. The van der Waals surface area contributed by atoms with Gasteiger partial charge in [0.25, 0.3) is 5.56 Å². The molecular weight excluding hydrogens is 366 g/mol. The van der Waals surface area contributed by atoms with Crippen LogP contribution in [-0.2, 0) is 31.4 Å². The zero-order valence-corrected chi connectivity index (χ0v) is 16.4. The summed E-state index contributed by atoms with van der Waals surface area (Å²) in [5.41, 5.74) is 1.08. The number of benzene rings is 1. The highest BCUT2D eigenvalue weighted by molar-refractivity contribution is 7.84. The molecule has 144 valence electrons. The van der Waals surface area contributed by atoms with Gasteiger partial charge in [0.1, 0.15) is 0 Å². The van der Waals surface area contributed by atoms with Gasteiger partial charge in [-0.05, 0) is 5.56 Å². The van der Waals surface area contributed by atoms with E-state index in [1.54, 1.807) is 24.2 Å². The number of aromatic nitrogens is 4. The van der Waals surface area contributed by atoms with Crippen molar-refractivity contribution in [3.05, 3.63) is 63.1 Å². The van der Waals surface area contributed by atoms with Crippen molar-refractivity contribution in [2.75, 3.05) is 18.6 Å². The number of nitrogens with one attached hydrogen (secondary N) is 1. The third-order valence-corrected chi connectivity index (χ3v) is 5.37. The van der Waals surface area contributed by atoms with E-state index in [1.165, 1.54) is 11.6 Å². The van der Waals surface area contributed by atoms with E-state index in [0.717, 1.165) is 10.1 Å². The molecule has 0 spiro atoms. The Hall–Kier alpha value is -2.52. The Morgan fingerprint density at radius 3 is 2.52 bits per heavy atom. The van der Waals surface area contributed by atoms with Crippen LogP contribution < -0.4 is 16.6 Å². The molecule has 0 fully saturated rings. The maximum absolute atomic E-state index is 12.5. The fraction of sp³-hybridized carbons (Fsp3) is 0.389. The average Bonchev–Trinajstić information content (AvgIpc) is 3.08. The van der Waals surface area contributed by atoms with Gasteiger partial charge in [0.15, 0.2) is 11.2 Å². The highest BCUT2D eigenvalue weighted by Crippen LogP contribution is 2.13. The topological polar surface area (TPSA) is 90.9 Å². The van der Waals surface area contributed by atoms with Crippen LogP contribution in [-0.4, -0.2) is 41.4 Å². The molecule has 0 aliphatic heterocycles. The summed E-state index contributed by atoms with van der Waals surface area (Å²) in [6.45, 7) is 1.07. The molecular formula is C18H23N5O3S. The van der Waals surface area contributed by atoms with Gasteiger partial charge in [-0.2, -0.15) is 0 Å². The predicted octanol–water partition coefficient (Wildman–Crippen LogP) is 0.143. The Kier molecular flexibility index (Phi) is 5.71. The molecule has 9 heteroatoms. The van der Waals surface area contributed by atoms with Crippen LogP contribution in [0.25, 0.3) is 11.2 Å². The number of aryl methyl sites for hydroxylation is 1. The third-order valence-electron chi connectivity index (χ3n) is 4.56. The number of imidazole rings is 1. The van der Waals surface area contributed by atoms with E-state index in [1.807, 2.05) is 30.3 Å². The Bertz CT molecular complexity index is 1080. The zero-order chi connectivity index (χ0) is 19.6. The van der Waals surface area contributed by atoms with Crippen molar-refractivity contribution < 1.29 is 4.21 Å². The van der Waals surface area contributed by atoms with Crippen LogP contribution in [0.2, 0.25) is 0 Å². The van der Waals surface area contributed by atoms with Gasteiger partial charge in [-0.1, -0.05) is 30.3 Å². The van der Waals surface area contributed by atoms with Crippen LogP contribution in [0.3, 0.4) is 0 Å². The monoisotopic (exact) mass is 389 g/mol. The maximum atomic E-state index is 12.5. The van der Waals surface area contributed by atoms with E-state index < -0.39 is 16.5 Å². The van der Waals surface area contributed by atoms with Gasteiger partial charge in [-0.15, -0.1) is 0 Å². The normalized spacial score (nSPS) is 13.7. The minimum atomic E-state index is -0.944. The molecule has 0 radical (unpaired) electrons. The lowest BCUT2D eigenvalue weighted by molar-refractivity contribution is 0.536. The molecule has 1 aromatic carbocycles. The lowest BCUT2D eigenvalue weighted by Crippen LogP contribution is -2.38. The Balaban J connectivity index is 1.81. The number of hydrogen-bond acceptors (Lipinski definition) is 5. The second-order valence-electron chi connectivity index (χ2n) is 6.47. The number of fused-ring (bicyclic) bond motifs is 1. The summed E-state index contributed by atoms with van der Waals surface area (Å²) in [6, 6.07) is 9.82. The first-order valence-electron chi connectivity index (χ1n) is 8.59. The standard InChI is InChI=1S/C18H23N5O3S/c1-21-16-15(17(24)22(2)18(21)25)23(12-20-16)10-9-19-14(11-27(3)26)13-7-5-4-6-8-13/h4-8,12,14,19H,9-11H2,1-3H3/t14-,27-/m0/s1. The molecule has 3 rings (SSSR count). The van der Waals surface area contributed by atoms with Crippen molar-refractivity contribution in [3.8, 4) is 0 Å². The molecule has 8 nitrogen and oxygen atoms in total. The summed E-state index contributed by atoms with van der Waals surface area (Å²) in [7, 11) is 2.11. The van der Waals surface area contributed by atoms with E-state index in [9.17, 15) is 13.8 Å². The smallest absolute Gasteiger partial charge is 0.323 e. The van der Waals surface area contributed by atoms with Crippen LogP contribution >= 0.6 is 0 Å². The van der Waals surface area contributed by atoms with E-state index >= 15 is 0 Å². The highest BCUT2D eigenvalue weighted by Gasteiger charge is 2.15. The first kappa shape index (κ1) is 19.2. The van der Waals surface area contributed by atoms with Crippen molar-refractivity contribution in [2.24, 2.45) is 14.1 Å². The van der Waals surface area contributed by atoms with Crippen molar-refractivity contribution in [2.45, 2.75) is 12.6 Å². The molecule has 1 N–H and O–H groups in total. The molecule has 0 saturated carbocycles. The molecule has 0 aliphatic carbocycles. The second kappa shape index (κ2) is 8.01. The Morgan fingerprint density at radius 1 is 1.15 bits per heavy atom. The summed E-state index contributed by atoms with van der Waals surface area (Å²) in [5, 5.41) is 3.41. The van der Waals surface area contributed by atoms with Crippen molar-refractivity contribution in [3.63, 3.8) is 0 Å². The van der Waals surface area contributed by atoms with Crippen LogP contribution in [0.5, 0.6) is 0 Å². The number of hydrogen-bond donors (Lipinski definition) is 1. The molecule has 0 bridgehead atoms. The molecule has 3 aromatic rings. The molecule has 0 amide bonds. The molecule has 0 unspecified atom stereocenters. The van der Waals surface area contributed by atoms with Crippen molar-refractivity contribution in [1.29, 1.82) is 0 Å². The molecule has 2 aromatic heterocycles. The Morgan fingerprint density at radius 2 is 1.85 bits per heavy atom. The van der Waals surface area contributed by atoms with Crippen molar-refractivity contribution in [1.82, 2.24) is 24.0 Å². The molecule has 0 saturated heterocycles. The fourth-order valence-corrected chi connectivity index (χ4v) is 3.90. The van der Waals surface area contributed by atoms with Crippen LogP contribution in [0.4, 0.5) is 0 Å². The average molecular weight is 389 g/mol. The minimum absolute atomic E-state index is 0.0426. The highest BCUT2D eigenvalue weighted by atomic mass is 32.2. The van der Waals surface area contributed by atoms with Gasteiger partial charge in [0.05, 0.1) is 6.33 Å². The van der Waals surface area contributed by atoms with Gasteiger partial charge < -0.3 is 9.88 Å². The van der Waals surface area contributed by atoms with Gasteiger partial charge in [-0.25, -0.2) is 9.78 Å². The summed E-state index contributed by atoms with van der Waals surface area (Å²) < 4.78 is 15.9. The summed E-state index contributed by atoms with van der Waals surface area (Å²) in [5.74, 6) is 0.505. The maximum Gasteiger partial charge on any atom is 0.332 e. The zero-order valence-electron chi connectivity index (χ0n) is 15.6. The van der Waals surface area contributed by atoms with Crippen LogP contribution in [0.15, 0.2) is 46.2 Å². The quantitative estimate of drug-likeness (QED) is 0.621. The first-order valence-corrected chi connectivity index (χ1v) is 10.3. The lowest BCUT2D eigenvalue weighted by Gasteiger charge is -2.18. The van der Waals surface area contributed by atoms with Crippen molar-refractivity contribution >= 4 is 22.0 Å². The van der Waals surface area contributed by atoms with Gasteiger partial charge >= 0.3 is 5.69 Å². The van der Waals surface area contributed by atoms with E-state index in [-0.39, 0.29) is 11.6 Å². The molecule has 27 heavy (non-hydrogen) atoms. The van der Waals surface area contributed by atoms with Gasteiger partial charge in [0, 0.05) is 56.0 Å². The Labute approximate surface area is 158 Å². The lowest BCUT2D eigenvalue weighted by atomic mass is 10.1. The SMILES string of the molecule is Cn1c(=O)c2c(ncn2CCN[C@@H](C[S@](C)=O)c2ccccc2)n(C)c1=O. The predicted molar refractivity (Wildman–Crippen MR) is 106 cm³/mol. The largest absolute Gasteiger partial charge is 0.332 e. The van der Waals surface area contributed by atoms with E-state index in [2.05, 4.69) is 10.3 Å². The first-order chi connectivity index (χ1) is 12.9. The summed E-state index contributed by atoms with van der Waals surface area (Å²) in [6.07, 6.45) is 3.26. The van der Waals surface area contributed by atoms with E-state index in [0.29, 0.717) is 30.0 Å². The summed E-state index contributed by atoms with van der Waals surface area (Å²) >= 11 is 0. The molecule has 2 heterocycles. The number of nitrogens with zero attached hydrogens (tertiary/aromatic N) is 4. The van der Waals surface area contributed by atoms with Gasteiger partial charge in [-0.3, -0.25) is 18.1 Å². The minimum Gasteiger partial charge on any atom is -0.323 e. The summed E-state index contributed by atoms with van der Waals surface area (Å²) in [4.78, 5) is 28.7. The molecule has 0 aliphatic rings. The van der Waals surface area contributed by atoms with Gasteiger partial charge in [0.2, 0.25) is 0 Å².